The van der Waals surface area contributed by atoms with Crippen molar-refractivity contribution in [2.75, 3.05) is 0 Å². The number of amides is 2. The number of fused-ring (bicyclic) bond motifs is 1. The summed E-state index contributed by atoms with van der Waals surface area (Å²) in [7, 11) is 0. The SMILES string of the molecule is Cc1c(C(=O)NCc2ccccn2)oc2c1/C(=N/NC(=O)c1ccccc1F)CCC2. The Morgan fingerprint density at radius 1 is 1.13 bits per heavy atom. The molecule has 2 N–H and O–H groups in total. The van der Waals surface area contributed by atoms with Crippen molar-refractivity contribution in [3.63, 3.8) is 0 Å². The summed E-state index contributed by atoms with van der Waals surface area (Å²) in [5.41, 5.74) is 5.07. The maximum absolute atomic E-state index is 13.8. The van der Waals surface area contributed by atoms with Crippen molar-refractivity contribution in [3.8, 4) is 0 Å². The third-order valence-electron chi connectivity index (χ3n) is 5.10. The number of carbonyl (C=O) groups excluding carboxylic acids is 2. The standard InChI is InChI=1S/C23H21FN4O3/c1-14-20-18(27-28-22(29)16-8-2-3-9-17(16)24)10-6-11-19(20)31-21(14)23(30)26-13-15-7-4-5-12-25-15/h2-5,7-9,12H,6,10-11,13H2,1H3,(H,26,30)(H,28,29)/b27-18+. The van der Waals surface area contributed by atoms with Gasteiger partial charge >= 0.3 is 0 Å². The van der Waals surface area contributed by atoms with E-state index in [-0.39, 0.29) is 23.8 Å². The van der Waals surface area contributed by atoms with Crippen molar-refractivity contribution in [1.82, 2.24) is 15.7 Å². The van der Waals surface area contributed by atoms with Crippen molar-refractivity contribution in [1.29, 1.82) is 0 Å². The molecule has 1 aliphatic carbocycles. The Morgan fingerprint density at radius 3 is 2.71 bits per heavy atom. The smallest absolute Gasteiger partial charge is 0.287 e. The van der Waals surface area contributed by atoms with Crippen LogP contribution in [0.4, 0.5) is 4.39 Å². The number of benzene rings is 1. The van der Waals surface area contributed by atoms with E-state index in [1.165, 1.54) is 18.2 Å². The quantitative estimate of drug-likeness (QED) is 0.617. The van der Waals surface area contributed by atoms with Gasteiger partial charge in [0.2, 0.25) is 0 Å². The van der Waals surface area contributed by atoms with E-state index in [1.54, 1.807) is 19.2 Å². The number of hydrogen-bond acceptors (Lipinski definition) is 5. The summed E-state index contributed by atoms with van der Waals surface area (Å²) < 4.78 is 19.7. The number of rotatable bonds is 5. The number of aryl methyl sites for hydroxylation is 1. The number of halogens is 1. The fraction of sp³-hybridized carbons (Fsp3) is 0.217. The maximum Gasteiger partial charge on any atom is 0.287 e. The van der Waals surface area contributed by atoms with Gasteiger partial charge < -0.3 is 9.73 Å². The van der Waals surface area contributed by atoms with E-state index in [0.717, 1.165) is 17.7 Å². The van der Waals surface area contributed by atoms with Crippen molar-refractivity contribution in [3.05, 3.63) is 88.4 Å². The lowest BCUT2D eigenvalue weighted by atomic mass is 9.93. The number of hydrogen-bond donors (Lipinski definition) is 2. The highest BCUT2D eigenvalue weighted by atomic mass is 19.1. The van der Waals surface area contributed by atoms with Crippen LogP contribution in [0.3, 0.4) is 0 Å². The van der Waals surface area contributed by atoms with Crippen LogP contribution in [0.15, 0.2) is 58.2 Å². The topological polar surface area (TPSA) is 96.6 Å². The number of aromatic nitrogens is 1. The van der Waals surface area contributed by atoms with Gasteiger partial charge in [0.25, 0.3) is 11.8 Å². The Morgan fingerprint density at radius 2 is 1.94 bits per heavy atom. The normalized spacial score (nSPS) is 14.2. The Hall–Kier alpha value is -3.81. The number of carbonyl (C=O) groups is 2. The van der Waals surface area contributed by atoms with Gasteiger partial charge in [-0.05, 0) is 44.0 Å². The lowest BCUT2D eigenvalue weighted by Gasteiger charge is -2.13. The summed E-state index contributed by atoms with van der Waals surface area (Å²) in [5.74, 6) is -0.711. The first-order valence-corrected chi connectivity index (χ1v) is 9.96. The Kier molecular flexibility index (Phi) is 5.88. The van der Waals surface area contributed by atoms with Gasteiger partial charge in [-0.2, -0.15) is 5.10 Å². The fourth-order valence-corrected chi connectivity index (χ4v) is 3.57. The van der Waals surface area contributed by atoms with Crippen molar-refractivity contribution in [2.24, 2.45) is 5.10 Å². The van der Waals surface area contributed by atoms with Gasteiger partial charge in [-0.25, -0.2) is 9.82 Å². The molecule has 0 radical (unpaired) electrons. The monoisotopic (exact) mass is 420 g/mol. The second kappa shape index (κ2) is 8.91. The summed E-state index contributed by atoms with van der Waals surface area (Å²) in [4.78, 5) is 29.1. The average molecular weight is 420 g/mol. The molecule has 2 aromatic heterocycles. The van der Waals surface area contributed by atoms with Crippen LogP contribution in [0, 0.1) is 12.7 Å². The average Bonchev–Trinajstić information content (AvgIpc) is 3.14. The van der Waals surface area contributed by atoms with E-state index in [9.17, 15) is 14.0 Å². The van der Waals surface area contributed by atoms with E-state index in [0.29, 0.717) is 29.9 Å². The number of furan rings is 1. The van der Waals surface area contributed by atoms with Gasteiger partial charge in [0.1, 0.15) is 11.6 Å². The summed E-state index contributed by atoms with van der Waals surface area (Å²) >= 11 is 0. The molecule has 0 unspecified atom stereocenters. The van der Waals surface area contributed by atoms with Crippen LogP contribution in [-0.2, 0) is 13.0 Å². The molecule has 8 heteroatoms. The molecular weight excluding hydrogens is 399 g/mol. The van der Waals surface area contributed by atoms with Crippen molar-refractivity contribution >= 4 is 17.5 Å². The molecular formula is C23H21FN4O3. The van der Waals surface area contributed by atoms with Gasteiger partial charge in [0, 0.05) is 23.7 Å². The zero-order valence-corrected chi connectivity index (χ0v) is 16.9. The molecule has 0 atom stereocenters. The second-order valence-corrected chi connectivity index (χ2v) is 7.19. The van der Waals surface area contributed by atoms with Crippen LogP contribution >= 0.6 is 0 Å². The van der Waals surface area contributed by atoms with Crippen LogP contribution < -0.4 is 10.7 Å². The van der Waals surface area contributed by atoms with Crippen LogP contribution in [-0.4, -0.2) is 22.5 Å². The largest absolute Gasteiger partial charge is 0.455 e. The Bertz CT molecular complexity index is 1150. The minimum absolute atomic E-state index is 0.0820. The van der Waals surface area contributed by atoms with Crippen LogP contribution in [0.5, 0.6) is 0 Å². The molecule has 31 heavy (non-hydrogen) atoms. The molecule has 0 bridgehead atoms. The highest BCUT2D eigenvalue weighted by molar-refractivity contribution is 6.07. The second-order valence-electron chi connectivity index (χ2n) is 7.19. The third kappa shape index (κ3) is 4.37. The number of pyridine rings is 1. The minimum Gasteiger partial charge on any atom is -0.455 e. The van der Waals surface area contributed by atoms with E-state index in [2.05, 4.69) is 20.8 Å². The first-order chi connectivity index (χ1) is 15.0. The molecule has 158 valence electrons. The lowest BCUT2D eigenvalue weighted by molar-refractivity contribution is 0.0918. The first-order valence-electron chi connectivity index (χ1n) is 9.96. The molecule has 0 fully saturated rings. The molecule has 2 amide bonds. The van der Waals surface area contributed by atoms with E-state index >= 15 is 0 Å². The summed E-state index contributed by atoms with van der Waals surface area (Å²) in [6.07, 6.45) is 3.71. The van der Waals surface area contributed by atoms with Gasteiger partial charge in [-0.3, -0.25) is 14.6 Å². The number of nitrogens with one attached hydrogen (secondary N) is 2. The van der Waals surface area contributed by atoms with Gasteiger partial charge in [-0.15, -0.1) is 0 Å². The van der Waals surface area contributed by atoms with Crippen LogP contribution in [0.25, 0.3) is 0 Å². The molecule has 0 aliphatic heterocycles. The predicted molar refractivity (Wildman–Crippen MR) is 112 cm³/mol. The van der Waals surface area contributed by atoms with Gasteiger partial charge in [-0.1, -0.05) is 18.2 Å². The fourth-order valence-electron chi connectivity index (χ4n) is 3.57. The molecule has 1 aliphatic rings. The third-order valence-corrected chi connectivity index (χ3v) is 5.10. The number of nitrogens with zero attached hydrogens (tertiary/aromatic N) is 2. The van der Waals surface area contributed by atoms with E-state index in [4.69, 9.17) is 4.42 Å². The molecule has 7 nitrogen and oxygen atoms in total. The Labute approximate surface area is 178 Å². The predicted octanol–water partition coefficient (Wildman–Crippen LogP) is 3.52. The zero-order chi connectivity index (χ0) is 21.8. The highest BCUT2D eigenvalue weighted by Crippen LogP contribution is 2.30. The van der Waals surface area contributed by atoms with E-state index in [1.807, 2.05) is 18.2 Å². The molecule has 0 spiro atoms. The molecule has 3 aromatic rings. The minimum atomic E-state index is -0.632. The van der Waals surface area contributed by atoms with Crippen LogP contribution in [0.2, 0.25) is 0 Å². The molecule has 2 heterocycles. The van der Waals surface area contributed by atoms with Crippen molar-refractivity contribution in [2.45, 2.75) is 32.7 Å². The van der Waals surface area contributed by atoms with Crippen LogP contribution in [0.1, 0.15) is 56.3 Å². The Balaban J connectivity index is 1.52. The summed E-state index contributed by atoms with van der Waals surface area (Å²) in [6, 6.07) is 11.2. The van der Waals surface area contributed by atoms with Gasteiger partial charge in [0.05, 0.1) is 23.5 Å². The highest BCUT2D eigenvalue weighted by Gasteiger charge is 2.28. The first kappa shape index (κ1) is 20.5. The van der Waals surface area contributed by atoms with Gasteiger partial charge in [0.15, 0.2) is 5.76 Å². The summed E-state index contributed by atoms with van der Waals surface area (Å²) in [6.45, 7) is 2.07. The molecule has 1 aromatic carbocycles. The molecule has 0 saturated heterocycles. The lowest BCUT2D eigenvalue weighted by Crippen LogP contribution is -2.24. The number of hydrazone groups is 1. The van der Waals surface area contributed by atoms with Crippen molar-refractivity contribution < 1.29 is 18.4 Å². The molecule has 4 rings (SSSR count). The maximum atomic E-state index is 13.8. The van der Waals surface area contributed by atoms with E-state index < -0.39 is 11.7 Å². The summed E-state index contributed by atoms with van der Waals surface area (Å²) in [5, 5.41) is 7.03. The zero-order valence-electron chi connectivity index (χ0n) is 16.9. The molecule has 0 saturated carbocycles.